The zero-order valence-electron chi connectivity index (χ0n) is 4.57. The van der Waals surface area contributed by atoms with Crippen LogP contribution in [0.4, 0.5) is 0 Å². The van der Waals surface area contributed by atoms with Gasteiger partial charge in [0.2, 0.25) is 0 Å². The van der Waals surface area contributed by atoms with E-state index in [0.29, 0.717) is 0 Å². The summed E-state index contributed by atoms with van der Waals surface area (Å²) in [5.74, 6) is -0.437. The summed E-state index contributed by atoms with van der Waals surface area (Å²) in [6.45, 7) is 0. The van der Waals surface area contributed by atoms with Gasteiger partial charge < -0.3 is 15.3 Å². The summed E-state index contributed by atoms with van der Waals surface area (Å²) >= 11 is 0. The summed E-state index contributed by atoms with van der Waals surface area (Å²) in [6.07, 6.45) is 0. The van der Waals surface area contributed by atoms with Crippen molar-refractivity contribution in [3.63, 3.8) is 0 Å². The Bertz CT molecular complexity index is 174. The van der Waals surface area contributed by atoms with Crippen LogP contribution in [-0.2, 0) is 0 Å². The third-order valence-electron chi connectivity index (χ3n) is 0.887. The van der Waals surface area contributed by atoms with Crippen LogP contribution in [0.1, 0.15) is 0 Å². The summed E-state index contributed by atoms with van der Waals surface area (Å²) in [5.41, 5.74) is 0. The number of phenols is 3. The molecule has 3 nitrogen and oxygen atoms in total. The SMILES string of the molecule is Oc1cc(O)cc(O)c1.[CaH2]. The first-order valence-corrected chi connectivity index (χ1v) is 2.40. The molecule has 1 aromatic carbocycles. The molecule has 0 unspecified atom stereocenters. The molecule has 0 aliphatic rings. The molecule has 0 aromatic heterocycles. The molecule has 0 atom stereocenters. The Morgan fingerprint density at radius 2 is 0.900 bits per heavy atom. The van der Waals surface area contributed by atoms with Gasteiger partial charge in [-0.3, -0.25) is 0 Å². The second-order valence-electron chi connectivity index (χ2n) is 1.71. The Balaban J connectivity index is 0.000000810. The Morgan fingerprint density at radius 1 is 0.700 bits per heavy atom. The van der Waals surface area contributed by atoms with Gasteiger partial charge in [0.05, 0.1) is 0 Å². The molecular formula is C6H8CaO3. The van der Waals surface area contributed by atoms with Crippen LogP contribution >= 0.6 is 0 Å². The molecule has 0 heterocycles. The van der Waals surface area contributed by atoms with Gasteiger partial charge in [0.15, 0.2) is 0 Å². The van der Waals surface area contributed by atoms with Crippen molar-refractivity contribution in [3.8, 4) is 17.2 Å². The predicted molar refractivity (Wildman–Crippen MR) is 40.0 cm³/mol. The summed E-state index contributed by atoms with van der Waals surface area (Å²) in [4.78, 5) is 0. The maximum atomic E-state index is 8.67. The molecule has 0 bridgehead atoms. The zero-order valence-corrected chi connectivity index (χ0v) is 4.57. The van der Waals surface area contributed by atoms with Gasteiger partial charge in [-0.15, -0.1) is 0 Å². The van der Waals surface area contributed by atoms with Gasteiger partial charge in [-0.2, -0.15) is 0 Å². The van der Waals surface area contributed by atoms with Crippen molar-refractivity contribution in [2.24, 2.45) is 0 Å². The van der Waals surface area contributed by atoms with E-state index in [1.54, 1.807) is 0 Å². The first kappa shape index (κ1) is 9.88. The summed E-state index contributed by atoms with van der Waals surface area (Å²) in [6, 6.07) is 3.42. The monoisotopic (exact) mass is 168 g/mol. The normalized spacial score (nSPS) is 8.40. The maximum absolute atomic E-state index is 8.67. The molecule has 1 aromatic rings. The molecule has 3 N–H and O–H groups in total. The van der Waals surface area contributed by atoms with Crippen LogP contribution in [-0.4, -0.2) is 53.1 Å². The van der Waals surface area contributed by atoms with Gasteiger partial charge in [0.25, 0.3) is 0 Å². The van der Waals surface area contributed by atoms with Crippen molar-refractivity contribution in [2.45, 2.75) is 0 Å². The van der Waals surface area contributed by atoms with Gasteiger partial charge >= 0.3 is 37.7 Å². The number of rotatable bonds is 0. The van der Waals surface area contributed by atoms with Crippen molar-refractivity contribution < 1.29 is 15.3 Å². The molecule has 0 amide bonds. The van der Waals surface area contributed by atoms with E-state index in [-0.39, 0.29) is 55.0 Å². The van der Waals surface area contributed by atoms with E-state index in [4.69, 9.17) is 15.3 Å². The third kappa shape index (κ3) is 2.64. The molecule has 0 spiro atoms. The van der Waals surface area contributed by atoms with Gasteiger partial charge in [-0.1, -0.05) is 0 Å². The molecule has 0 saturated carbocycles. The van der Waals surface area contributed by atoms with E-state index in [0.717, 1.165) is 18.2 Å². The third-order valence-corrected chi connectivity index (χ3v) is 0.887. The zero-order chi connectivity index (χ0) is 6.85. The summed E-state index contributed by atoms with van der Waals surface area (Å²) in [5, 5.41) is 26.0. The molecule has 52 valence electrons. The fourth-order valence-electron chi connectivity index (χ4n) is 0.580. The molecule has 4 heteroatoms. The molecule has 0 fully saturated rings. The Kier molecular flexibility index (Phi) is 3.86. The molecule has 0 aliphatic carbocycles. The second-order valence-corrected chi connectivity index (χ2v) is 1.71. The van der Waals surface area contributed by atoms with Gasteiger partial charge in [0, 0.05) is 18.2 Å². The van der Waals surface area contributed by atoms with E-state index in [9.17, 15) is 0 Å². The van der Waals surface area contributed by atoms with Crippen molar-refractivity contribution in [1.29, 1.82) is 0 Å². The minimum atomic E-state index is -0.146. The molecule has 0 saturated heterocycles. The first-order valence-electron chi connectivity index (χ1n) is 2.40. The number of hydrogen-bond acceptors (Lipinski definition) is 3. The van der Waals surface area contributed by atoms with Crippen LogP contribution < -0.4 is 0 Å². The Labute approximate surface area is 87.9 Å². The Morgan fingerprint density at radius 3 is 1.10 bits per heavy atom. The average Bonchev–Trinajstić information content (AvgIpc) is 1.59. The summed E-state index contributed by atoms with van der Waals surface area (Å²) in [7, 11) is 0. The Hall–Kier alpha value is -0.120. The van der Waals surface area contributed by atoms with Crippen LogP contribution in [0.25, 0.3) is 0 Å². The van der Waals surface area contributed by atoms with Crippen LogP contribution in [0.5, 0.6) is 17.2 Å². The van der Waals surface area contributed by atoms with Crippen molar-refractivity contribution in [3.05, 3.63) is 18.2 Å². The van der Waals surface area contributed by atoms with Crippen LogP contribution in [0.15, 0.2) is 18.2 Å². The van der Waals surface area contributed by atoms with E-state index in [2.05, 4.69) is 0 Å². The van der Waals surface area contributed by atoms with Crippen molar-refractivity contribution in [1.82, 2.24) is 0 Å². The van der Waals surface area contributed by atoms with Gasteiger partial charge in [0.1, 0.15) is 17.2 Å². The average molecular weight is 168 g/mol. The topological polar surface area (TPSA) is 60.7 Å². The number of hydrogen-bond donors (Lipinski definition) is 3. The fourth-order valence-corrected chi connectivity index (χ4v) is 0.580. The van der Waals surface area contributed by atoms with Crippen molar-refractivity contribution in [2.75, 3.05) is 0 Å². The quantitative estimate of drug-likeness (QED) is 0.474. The van der Waals surface area contributed by atoms with E-state index < -0.39 is 0 Å². The van der Waals surface area contributed by atoms with Gasteiger partial charge in [-0.05, 0) is 0 Å². The minimum absolute atomic E-state index is 0. The molecule has 0 aliphatic heterocycles. The fraction of sp³-hybridized carbons (Fsp3) is 0. The molecule has 0 radical (unpaired) electrons. The first-order chi connectivity index (χ1) is 4.18. The van der Waals surface area contributed by atoms with Gasteiger partial charge in [-0.25, -0.2) is 0 Å². The van der Waals surface area contributed by atoms with E-state index in [1.165, 1.54) is 0 Å². The van der Waals surface area contributed by atoms with Crippen LogP contribution in [0.3, 0.4) is 0 Å². The standard InChI is InChI=1S/C6H6O3.Ca.2H/c7-4-1-5(8)3-6(9)2-4;;;/h1-3,7-9H;;;. The van der Waals surface area contributed by atoms with E-state index in [1.807, 2.05) is 0 Å². The van der Waals surface area contributed by atoms with Crippen LogP contribution in [0.2, 0.25) is 0 Å². The predicted octanol–water partition coefficient (Wildman–Crippen LogP) is -0.113. The summed E-state index contributed by atoms with van der Waals surface area (Å²) < 4.78 is 0. The number of benzene rings is 1. The second kappa shape index (κ2) is 3.91. The van der Waals surface area contributed by atoms with Crippen molar-refractivity contribution >= 4 is 37.7 Å². The molecule has 1 rings (SSSR count). The number of phenolic OH excluding ortho intramolecular Hbond substituents is 3. The van der Waals surface area contributed by atoms with E-state index >= 15 is 0 Å². The molecular weight excluding hydrogens is 160 g/mol. The molecule has 10 heavy (non-hydrogen) atoms. The number of aromatic hydroxyl groups is 3. The van der Waals surface area contributed by atoms with Crippen LogP contribution in [0, 0.1) is 0 Å².